The van der Waals surface area contributed by atoms with Gasteiger partial charge in [-0.25, -0.2) is 9.18 Å². The van der Waals surface area contributed by atoms with Crippen molar-refractivity contribution in [2.75, 3.05) is 12.4 Å². The molecule has 1 heterocycles. The number of halogens is 1. The van der Waals surface area contributed by atoms with E-state index in [4.69, 9.17) is 4.74 Å². The van der Waals surface area contributed by atoms with E-state index in [0.29, 0.717) is 22.6 Å². The van der Waals surface area contributed by atoms with Gasteiger partial charge in [0.25, 0.3) is 5.56 Å². The van der Waals surface area contributed by atoms with E-state index in [2.05, 4.69) is 10.6 Å². The summed E-state index contributed by atoms with van der Waals surface area (Å²) < 4.78 is 20.9. The predicted molar refractivity (Wildman–Crippen MR) is 124 cm³/mol. The Bertz CT molecular complexity index is 1300. The smallest absolute Gasteiger partial charge is 0.319 e. The summed E-state index contributed by atoms with van der Waals surface area (Å²) in [6, 6.07) is 10.1. The van der Waals surface area contributed by atoms with Gasteiger partial charge < -0.3 is 30.2 Å². The number of carboxylic acids is 1. The van der Waals surface area contributed by atoms with Gasteiger partial charge in [-0.05, 0) is 53.9 Å². The fourth-order valence-corrected chi connectivity index (χ4v) is 3.44. The number of carbonyl (C=O) groups is 2. The Kier molecular flexibility index (Phi) is 7.20. The fraction of sp³-hybridized carbons (Fsp3) is 0.208. The van der Waals surface area contributed by atoms with Gasteiger partial charge in [0.05, 0.1) is 19.6 Å². The standard InChI is InChI=1S/C24H24FN3O6/c1-13-7-20(29)22(23(32)28(13)2)27-24(33)26-19(12-21(30)31)16-8-15(9-17(25)10-16)14-5-4-6-18(11-14)34-3/h4-11,19,29H,12H2,1-3H3,(H,30,31)(H2,26,27,33). The molecule has 0 saturated carbocycles. The molecule has 4 N–H and O–H groups in total. The number of aliphatic carboxylic acids is 1. The first-order valence-corrected chi connectivity index (χ1v) is 10.2. The zero-order chi connectivity index (χ0) is 25.0. The number of benzene rings is 2. The van der Waals surface area contributed by atoms with Crippen LogP contribution < -0.4 is 20.9 Å². The van der Waals surface area contributed by atoms with Crippen molar-refractivity contribution < 1.29 is 28.9 Å². The quantitative estimate of drug-likeness (QED) is 0.419. The summed E-state index contributed by atoms with van der Waals surface area (Å²) in [5.41, 5.74) is 0.756. The van der Waals surface area contributed by atoms with Crippen molar-refractivity contribution in [2.24, 2.45) is 7.05 Å². The average Bonchev–Trinajstić information content (AvgIpc) is 2.79. The summed E-state index contributed by atoms with van der Waals surface area (Å²) in [6.07, 6.45) is -0.549. The molecule has 0 bridgehead atoms. The third-order valence-corrected chi connectivity index (χ3v) is 5.30. The van der Waals surface area contributed by atoms with Crippen LogP contribution in [0.5, 0.6) is 11.5 Å². The first-order chi connectivity index (χ1) is 16.1. The summed E-state index contributed by atoms with van der Waals surface area (Å²) in [6.45, 7) is 1.61. The lowest BCUT2D eigenvalue weighted by molar-refractivity contribution is -0.137. The molecule has 0 aliphatic heterocycles. The van der Waals surface area contributed by atoms with Crippen LogP contribution in [-0.4, -0.2) is 33.9 Å². The molecule has 2 amide bonds. The lowest BCUT2D eigenvalue weighted by Gasteiger charge is -2.19. The number of ether oxygens (including phenoxy) is 1. The summed E-state index contributed by atoms with van der Waals surface area (Å²) in [5.74, 6) is -1.73. The molecule has 1 atom stereocenters. The van der Waals surface area contributed by atoms with Crippen molar-refractivity contribution >= 4 is 17.7 Å². The van der Waals surface area contributed by atoms with E-state index >= 15 is 0 Å². The van der Waals surface area contributed by atoms with Crippen LogP contribution >= 0.6 is 0 Å². The molecular formula is C24H24FN3O6. The summed E-state index contributed by atoms with van der Waals surface area (Å²) in [4.78, 5) is 36.5. The normalized spacial score (nSPS) is 11.5. The maximum Gasteiger partial charge on any atom is 0.319 e. The second-order valence-corrected chi connectivity index (χ2v) is 7.66. The number of urea groups is 1. The van der Waals surface area contributed by atoms with Crippen molar-refractivity contribution in [3.8, 4) is 22.6 Å². The summed E-state index contributed by atoms with van der Waals surface area (Å²) >= 11 is 0. The van der Waals surface area contributed by atoms with E-state index in [1.165, 1.54) is 30.9 Å². The molecule has 1 aromatic heterocycles. The zero-order valence-electron chi connectivity index (χ0n) is 18.8. The van der Waals surface area contributed by atoms with Crippen LogP contribution in [0.4, 0.5) is 14.9 Å². The van der Waals surface area contributed by atoms with Crippen LogP contribution in [0.1, 0.15) is 23.7 Å². The number of aromatic hydroxyl groups is 1. The number of rotatable bonds is 7. The number of methoxy groups -OCH3 is 1. The van der Waals surface area contributed by atoms with Gasteiger partial charge in [-0.2, -0.15) is 0 Å². The molecule has 0 aliphatic rings. The van der Waals surface area contributed by atoms with Gasteiger partial charge in [0.2, 0.25) is 0 Å². The van der Waals surface area contributed by atoms with E-state index in [0.717, 1.165) is 6.07 Å². The third-order valence-electron chi connectivity index (χ3n) is 5.30. The van der Waals surface area contributed by atoms with Crippen molar-refractivity contribution in [1.82, 2.24) is 9.88 Å². The third kappa shape index (κ3) is 5.52. The Morgan fingerprint density at radius 2 is 1.88 bits per heavy atom. The van der Waals surface area contributed by atoms with E-state index in [-0.39, 0.29) is 11.3 Å². The van der Waals surface area contributed by atoms with Gasteiger partial charge in [0.1, 0.15) is 17.3 Å². The van der Waals surface area contributed by atoms with Crippen LogP contribution in [0.25, 0.3) is 11.1 Å². The minimum atomic E-state index is -1.23. The van der Waals surface area contributed by atoms with Gasteiger partial charge in [0.15, 0.2) is 5.69 Å². The number of nitrogens with one attached hydrogen (secondary N) is 2. The Balaban J connectivity index is 1.93. The molecule has 1 unspecified atom stereocenters. The second-order valence-electron chi connectivity index (χ2n) is 7.66. The molecule has 9 nitrogen and oxygen atoms in total. The van der Waals surface area contributed by atoms with Crippen LogP contribution in [-0.2, 0) is 11.8 Å². The number of amides is 2. The van der Waals surface area contributed by atoms with Gasteiger partial charge in [0, 0.05) is 18.8 Å². The highest BCUT2D eigenvalue weighted by molar-refractivity contribution is 5.91. The Morgan fingerprint density at radius 1 is 1.15 bits per heavy atom. The number of anilines is 1. The highest BCUT2D eigenvalue weighted by atomic mass is 19.1. The van der Waals surface area contributed by atoms with E-state index in [1.807, 2.05) is 0 Å². The SMILES string of the molecule is COc1cccc(-c2cc(F)cc(C(CC(=O)O)NC(=O)Nc3c(O)cc(C)n(C)c3=O)c2)c1. The maximum atomic E-state index is 14.5. The number of hydrogen-bond acceptors (Lipinski definition) is 5. The molecule has 0 fully saturated rings. The number of hydrogen-bond donors (Lipinski definition) is 4. The maximum absolute atomic E-state index is 14.5. The number of pyridine rings is 1. The number of carboxylic acid groups (broad SMARTS) is 1. The van der Waals surface area contributed by atoms with Crippen LogP contribution in [0, 0.1) is 12.7 Å². The lowest BCUT2D eigenvalue weighted by Crippen LogP contribution is -2.36. The minimum Gasteiger partial charge on any atom is -0.505 e. The monoisotopic (exact) mass is 469 g/mol. The van der Waals surface area contributed by atoms with Crippen LogP contribution in [0.3, 0.4) is 0 Å². The highest BCUT2D eigenvalue weighted by Gasteiger charge is 2.22. The molecule has 34 heavy (non-hydrogen) atoms. The average molecular weight is 469 g/mol. The molecule has 10 heteroatoms. The Morgan fingerprint density at radius 3 is 2.56 bits per heavy atom. The molecule has 0 spiro atoms. The Hall–Kier alpha value is -4.34. The minimum absolute atomic E-state index is 0.205. The van der Waals surface area contributed by atoms with Crippen LogP contribution in [0.2, 0.25) is 0 Å². The zero-order valence-corrected chi connectivity index (χ0v) is 18.8. The van der Waals surface area contributed by atoms with E-state index in [1.54, 1.807) is 37.3 Å². The van der Waals surface area contributed by atoms with Gasteiger partial charge in [-0.15, -0.1) is 0 Å². The van der Waals surface area contributed by atoms with E-state index < -0.39 is 41.6 Å². The first kappa shape index (κ1) is 24.3. The molecule has 0 radical (unpaired) electrons. The van der Waals surface area contributed by atoms with Crippen molar-refractivity contribution in [2.45, 2.75) is 19.4 Å². The van der Waals surface area contributed by atoms with Crippen molar-refractivity contribution in [3.63, 3.8) is 0 Å². The predicted octanol–water partition coefficient (Wildman–Crippen LogP) is 3.55. The van der Waals surface area contributed by atoms with Gasteiger partial charge in [-0.3, -0.25) is 9.59 Å². The molecule has 3 rings (SSSR count). The molecule has 0 aliphatic carbocycles. The summed E-state index contributed by atoms with van der Waals surface area (Å²) in [7, 11) is 2.97. The number of aromatic nitrogens is 1. The molecule has 2 aromatic carbocycles. The van der Waals surface area contributed by atoms with Crippen molar-refractivity contribution in [3.05, 3.63) is 76.0 Å². The number of carbonyl (C=O) groups excluding carboxylic acids is 1. The van der Waals surface area contributed by atoms with Gasteiger partial charge >= 0.3 is 12.0 Å². The second kappa shape index (κ2) is 10.1. The molecule has 178 valence electrons. The van der Waals surface area contributed by atoms with Gasteiger partial charge in [-0.1, -0.05) is 12.1 Å². The fourth-order valence-electron chi connectivity index (χ4n) is 3.44. The van der Waals surface area contributed by atoms with Crippen molar-refractivity contribution in [1.29, 1.82) is 0 Å². The topological polar surface area (TPSA) is 130 Å². The molecular weight excluding hydrogens is 445 g/mol. The first-order valence-electron chi connectivity index (χ1n) is 10.2. The Labute approximate surface area is 194 Å². The summed E-state index contributed by atoms with van der Waals surface area (Å²) in [5, 5.41) is 24.1. The molecule has 3 aromatic rings. The largest absolute Gasteiger partial charge is 0.505 e. The van der Waals surface area contributed by atoms with E-state index in [9.17, 15) is 29.0 Å². The molecule has 0 saturated heterocycles. The number of nitrogens with zero attached hydrogens (tertiary/aromatic N) is 1. The highest BCUT2D eigenvalue weighted by Crippen LogP contribution is 2.29. The lowest BCUT2D eigenvalue weighted by atomic mass is 9.97. The number of aryl methyl sites for hydroxylation is 1. The van der Waals surface area contributed by atoms with Crippen LogP contribution in [0.15, 0.2) is 53.3 Å².